The second-order valence-electron chi connectivity index (χ2n) is 1.84. The predicted molar refractivity (Wildman–Crippen MR) is 60.1 cm³/mol. The summed E-state index contributed by atoms with van der Waals surface area (Å²) in [4.78, 5) is 0. The Hall–Kier alpha value is 0.870. The van der Waals surface area contributed by atoms with Gasteiger partial charge in [-0.2, -0.15) is 0 Å². The highest BCUT2D eigenvalue weighted by atomic mass is 127. The van der Waals surface area contributed by atoms with E-state index in [2.05, 4.69) is 50.0 Å². The number of hydrogen-bond acceptors (Lipinski definition) is 2. The van der Waals surface area contributed by atoms with Crippen LogP contribution in [-0.2, 0) is 0 Å². The number of thiophene rings is 2. The van der Waals surface area contributed by atoms with Crippen molar-refractivity contribution in [1.82, 2.24) is 0 Å². The molecule has 0 N–H and O–H groups in total. The molecule has 2 aromatic heterocycles. The SMILES string of the molecule is Brc1csc2sc(I)cc12. The highest BCUT2D eigenvalue weighted by Gasteiger charge is 2.03. The number of rotatable bonds is 0. The number of halogens is 2. The molecule has 0 aliphatic carbocycles. The van der Waals surface area contributed by atoms with Gasteiger partial charge in [0, 0.05) is 15.2 Å². The normalized spacial score (nSPS) is 11.0. The largest absolute Gasteiger partial charge is 0.132 e. The van der Waals surface area contributed by atoms with E-state index in [4.69, 9.17) is 0 Å². The van der Waals surface area contributed by atoms with E-state index in [0.717, 1.165) is 0 Å². The van der Waals surface area contributed by atoms with Gasteiger partial charge in [0.1, 0.15) is 0 Å². The van der Waals surface area contributed by atoms with Crippen LogP contribution < -0.4 is 0 Å². The zero-order valence-corrected chi connectivity index (χ0v) is 10.1. The molecule has 2 heterocycles. The van der Waals surface area contributed by atoms with Crippen molar-refractivity contribution in [3.05, 3.63) is 18.8 Å². The van der Waals surface area contributed by atoms with Gasteiger partial charge in [0.15, 0.2) is 0 Å². The highest BCUT2D eigenvalue weighted by molar-refractivity contribution is 14.1. The summed E-state index contributed by atoms with van der Waals surface area (Å²) < 4.78 is 4.00. The fourth-order valence-electron chi connectivity index (χ4n) is 0.768. The van der Waals surface area contributed by atoms with Crippen LogP contribution in [0.4, 0.5) is 0 Å². The Kier molecular flexibility index (Phi) is 2.05. The molecule has 0 radical (unpaired) electrons. The molecule has 0 unspecified atom stereocenters. The van der Waals surface area contributed by atoms with Gasteiger partial charge in [-0.1, -0.05) is 0 Å². The molecule has 0 spiro atoms. The molecule has 4 heteroatoms. The van der Waals surface area contributed by atoms with E-state index in [1.54, 1.807) is 11.3 Å². The van der Waals surface area contributed by atoms with Gasteiger partial charge in [-0.25, -0.2) is 0 Å². The molecule has 2 rings (SSSR count). The second kappa shape index (κ2) is 2.73. The van der Waals surface area contributed by atoms with E-state index in [1.165, 1.54) is 16.8 Å². The first-order chi connectivity index (χ1) is 4.77. The van der Waals surface area contributed by atoms with Crippen molar-refractivity contribution in [3.8, 4) is 0 Å². The molecule has 52 valence electrons. The van der Waals surface area contributed by atoms with Gasteiger partial charge >= 0.3 is 0 Å². The topological polar surface area (TPSA) is 0 Å². The van der Waals surface area contributed by atoms with Gasteiger partial charge in [0.05, 0.1) is 6.90 Å². The minimum absolute atomic E-state index is 1.23. The van der Waals surface area contributed by atoms with Crippen molar-refractivity contribution < 1.29 is 0 Å². The maximum Gasteiger partial charge on any atom is 0.0887 e. The molecule has 0 amide bonds. The third-order valence-electron chi connectivity index (χ3n) is 1.19. The Balaban J connectivity index is 2.90. The van der Waals surface area contributed by atoms with Crippen molar-refractivity contribution in [2.24, 2.45) is 0 Å². The van der Waals surface area contributed by atoms with Crippen molar-refractivity contribution in [2.75, 3.05) is 0 Å². The maximum atomic E-state index is 3.49. The minimum Gasteiger partial charge on any atom is -0.132 e. The molecule has 0 saturated carbocycles. The average molecular weight is 345 g/mol. The summed E-state index contributed by atoms with van der Waals surface area (Å²) in [5, 5.41) is 3.50. The Labute approximate surface area is 88.5 Å². The second-order valence-corrected chi connectivity index (χ2v) is 6.77. The molecule has 0 aliphatic rings. The lowest BCUT2D eigenvalue weighted by atomic mass is 10.4. The molecular formula is C6H2BrIS2. The van der Waals surface area contributed by atoms with E-state index in [9.17, 15) is 0 Å². The summed E-state index contributed by atoms with van der Waals surface area (Å²) in [7, 11) is 0. The predicted octanol–water partition coefficient (Wildman–Crippen LogP) is 4.33. The van der Waals surface area contributed by atoms with Crippen LogP contribution in [0.15, 0.2) is 15.9 Å². The molecule has 0 aromatic carbocycles. The van der Waals surface area contributed by atoms with Gasteiger partial charge in [0.2, 0.25) is 0 Å². The van der Waals surface area contributed by atoms with Crippen LogP contribution in [0.1, 0.15) is 0 Å². The van der Waals surface area contributed by atoms with E-state index < -0.39 is 0 Å². The molecule has 10 heavy (non-hydrogen) atoms. The van der Waals surface area contributed by atoms with Crippen LogP contribution in [0, 0.1) is 2.88 Å². The summed E-state index contributed by atoms with van der Waals surface area (Å²) in [5.41, 5.74) is 0. The van der Waals surface area contributed by atoms with Gasteiger partial charge in [-0.15, -0.1) is 22.7 Å². The molecule has 0 aliphatic heterocycles. The van der Waals surface area contributed by atoms with Crippen molar-refractivity contribution in [1.29, 1.82) is 0 Å². The standard InChI is InChI=1S/C6H2BrIS2/c7-4-2-9-6-3(4)1-5(8)10-6/h1-2H. The first-order valence-electron chi connectivity index (χ1n) is 2.59. The van der Waals surface area contributed by atoms with Crippen molar-refractivity contribution >= 4 is 70.6 Å². The third-order valence-corrected chi connectivity index (χ3v) is 5.17. The van der Waals surface area contributed by atoms with Crippen LogP contribution in [-0.4, -0.2) is 0 Å². The quantitative estimate of drug-likeness (QED) is 0.624. The molecule has 2 aromatic rings. The lowest BCUT2D eigenvalue weighted by molar-refractivity contribution is 1.96. The third kappa shape index (κ3) is 1.15. The van der Waals surface area contributed by atoms with Crippen LogP contribution in [0.2, 0.25) is 0 Å². The van der Waals surface area contributed by atoms with Gasteiger partial charge in [0.25, 0.3) is 0 Å². The lowest BCUT2D eigenvalue weighted by Gasteiger charge is -1.74. The van der Waals surface area contributed by atoms with Gasteiger partial charge in [-0.05, 0) is 44.6 Å². The zero-order chi connectivity index (χ0) is 7.14. The van der Waals surface area contributed by atoms with Gasteiger partial charge in [-0.3, -0.25) is 0 Å². The van der Waals surface area contributed by atoms with Crippen molar-refractivity contribution in [2.45, 2.75) is 0 Å². The summed E-state index contributed by atoms with van der Waals surface area (Å²) >= 11 is 9.49. The summed E-state index contributed by atoms with van der Waals surface area (Å²) in [6, 6.07) is 2.21. The first-order valence-corrected chi connectivity index (χ1v) is 6.16. The summed E-state index contributed by atoms with van der Waals surface area (Å²) in [5.74, 6) is 0. The Morgan fingerprint density at radius 2 is 2.30 bits per heavy atom. The van der Waals surface area contributed by atoms with E-state index in [0.29, 0.717) is 0 Å². The van der Waals surface area contributed by atoms with E-state index in [-0.39, 0.29) is 0 Å². The van der Waals surface area contributed by atoms with Crippen LogP contribution >= 0.6 is 61.2 Å². The van der Waals surface area contributed by atoms with Crippen molar-refractivity contribution in [3.63, 3.8) is 0 Å². The Morgan fingerprint density at radius 1 is 1.50 bits per heavy atom. The number of fused-ring (bicyclic) bond motifs is 1. The minimum atomic E-state index is 1.23. The number of hydrogen-bond donors (Lipinski definition) is 0. The van der Waals surface area contributed by atoms with E-state index >= 15 is 0 Å². The maximum absolute atomic E-state index is 3.49. The van der Waals surface area contributed by atoms with Crippen LogP contribution in [0.3, 0.4) is 0 Å². The average Bonchev–Trinajstić information content (AvgIpc) is 2.35. The molecule has 0 saturated heterocycles. The zero-order valence-electron chi connectivity index (χ0n) is 4.73. The monoisotopic (exact) mass is 344 g/mol. The van der Waals surface area contributed by atoms with E-state index in [1.807, 2.05) is 11.3 Å². The molecule has 0 nitrogen and oxygen atoms in total. The lowest BCUT2D eigenvalue weighted by Crippen LogP contribution is -1.50. The highest BCUT2D eigenvalue weighted by Crippen LogP contribution is 2.36. The smallest absolute Gasteiger partial charge is 0.0887 e. The Morgan fingerprint density at radius 3 is 3.00 bits per heavy atom. The molecule has 0 bridgehead atoms. The molecular weight excluding hydrogens is 343 g/mol. The fraction of sp³-hybridized carbons (Fsp3) is 0. The summed E-state index contributed by atoms with van der Waals surface area (Å²) in [6.07, 6.45) is 0. The molecule has 0 fully saturated rings. The fourth-order valence-corrected chi connectivity index (χ4v) is 4.92. The molecule has 0 atom stereocenters. The van der Waals surface area contributed by atoms with Crippen LogP contribution in [0.25, 0.3) is 9.40 Å². The first kappa shape index (κ1) is 7.52. The van der Waals surface area contributed by atoms with Gasteiger partial charge < -0.3 is 0 Å². The van der Waals surface area contributed by atoms with Crippen LogP contribution in [0.5, 0.6) is 0 Å². The summed E-state index contributed by atoms with van der Waals surface area (Å²) in [6.45, 7) is 0. The Bertz CT molecular complexity index is 363.